The quantitative estimate of drug-likeness (QED) is 0.809. The average molecular weight is 271 g/mol. The number of hydrogen-bond acceptors (Lipinski definition) is 3. The van der Waals surface area contributed by atoms with Gasteiger partial charge in [-0.05, 0) is 25.8 Å². The van der Waals surface area contributed by atoms with Crippen molar-refractivity contribution < 1.29 is 18.3 Å². The normalized spacial score (nSPS) is 13.5. The van der Waals surface area contributed by atoms with Crippen LogP contribution >= 0.6 is 0 Å². The largest absolute Gasteiger partial charge is 0.480 e. The fourth-order valence-electron chi connectivity index (χ4n) is 1.36. The third kappa shape index (κ3) is 4.12. The van der Waals surface area contributed by atoms with E-state index < -0.39 is 27.3 Å². The van der Waals surface area contributed by atoms with E-state index in [0.717, 1.165) is 5.56 Å². The minimum Gasteiger partial charge on any atom is -0.480 e. The summed E-state index contributed by atoms with van der Waals surface area (Å²) < 4.78 is 25.5. The molecule has 0 radical (unpaired) electrons. The number of benzene rings is 1. The lowest BCUT2D eigenvalue weighted by Gasteiger charge is -2.16. The van der Waals surface area contributed by atoms with Crippen molar-refractivity contribution in [2.75, 3.05) is 0 Å². The van der Waals surface area contributed by atoms with E-state index >= 15 is 0 Å². The van der Waals surface area contributed by atoms with Crippen molar-refractivity contribution in [1.29, 1.82) is 0 Å². The molecule has 18 heavy (non-hydrogen) atoms. The fourth-order valence-corrected chi connectivity index (χ4v) is 2.22. The second kappa shape index (κ2) is 5.97. The van der Waals surface area contributed by atoms with Gasteiger partial charge in [-0.25, -0.2) is 13.1 Å². The van der Waals surface area contributed by atoms with Gasteiger partial charge < -0.3 is 5.11 Å². The summed E-state index contributed by atoms with van der Waals surface area (Å²) in [5.41, 5.74) is 0.774. The Morgan fingerprint density at radius 3 is 2.28 bits per heavy atom. The van der Waals surface area contributed by atoms with Crippen LogP contribution in [0, 0.1) is 0 Å². The standard InChI is InChI=1S/C12H17NO4S/c1-9(2)18(16,17)13-11(12(14)15)8-10-6-4-3-5-7-10/h3-7,9,11,13H,8H2,1-2H3,(H,14,15)/t11-/m1/s1. The van der Waals surface area contributed by atoms with Gasteiger partial charge in [0.2, 0.25) is 10.0 Å². The Morgan fingerprint density at radius 1 is 1.28 bits per heavy atom. The van der Waals surface area contributed by atoms with Gasteiger partial charge in [-0.3, -0.25) is 4.79 Å². The minimum absolute atomic E-state index is 0.127. The van der Waals surface area contributed by atoms with Crippen molar-refractivity contribution in [3.05, 3.63) is 35.9 Å². The summed E-state index contributed by atoms with van der Waals surface area (Å²) in [6.45, 7) is 3.01. The number of nitrogens with one attached hydrogen (secondary N) is 1. The third-order valence-electron chi connectivity index (χ3n) is 2.51. The first-order valence-corrected chi connectivity index (χ1v) is 7.15. The van der Waals surface area contributed by atoms with Gasteiger partial charge in [-0.15, -0.1) is 0 Å². The van der Waals surface area contributed by atoms with Crippen LogP contribution in [0.2, 0.25) is 0 Å². The van der Waals surface area contributed by atoms with Crippen LogP contribution in [0.5, 0.6) is 0 Å². The molecule has 0 amide bonds. The van der Waals surface area contributed by atoms with Crippen LogP contribution in [-0.4, -0.2) is 30.8 Å². The smallest absolute Gasteiger partial charge is 0.322 e. The highest BCUT2D eigenvalue weighted by Gasteiger charge is 2.26. The van der Waals surface area contributed by atoms with Gasteiger partial charge >= 0.3 is 5.97 Å². The van der Waals surface area contributed by atoms with Crippen molar-refractivity contribution >= 4 is 16.0 Å². The lowest BCUT2D eigenvalue weighted by molar-refractivity contribution is -0.138. The van der Waals surface area contributed by atoms with Crippen molar-refractivity contribution in [1.82, 2.24) is 4.72 Å². The Morgan fingerprint density at radius 2 is 1.83 bits per heavy atom. The van der Waals surface area contributed by atoms with E-state index in [-0.39, 0.29) is 6.42 Å². The Balaban J connectivity index is 2.83. The summed E-state index contributed by atoms with van der Waals surface area (Å²) in [6.07, 6.45) is 0.127. The molecule has 6 heteroatoms. The molecule has 100 valence electrons. The van der Waals surface area contributed by atoms with Crippen LogP contribution in [0.25, 0.3) is 0 Å². The molecule has 0 saturated heterocycles. The van der Waals surface area contributed by atoms with Gasteiger partial charge in [0.25, 0.3) is 0 Å². The molecule has 2 N–H and O–H groups in total. The molecule has 0 heterocycles. The van der Waals surface area contributed by atoms with E-state index in [1.807, 2.05) is 6.07 Å². The van der Waals surface area contributed by atoms with Crippen molar-refractivity contribution in [3.63, 3.8) is 0 Å². The van der Waals surface area contributed by atoms with Gasteiger partial charge in [-0.1, -0.05) is 30.3 Å². The van der Waals surface area contributed by atoms with E-state index in [2.05, 4.69) is 4.72 Å². The summed E-state index contributed by atoms with van der Waals surface area (Å²) in [5, 5.41) is 8.40. The van der Waals surface area contributed by atoms with E-state index in [1.165, 1.54) is 13.8 Å². The summed E-state index contributed by atoms with van der Waals surface area (Å²) in [4.78, 5) is 11.1. The maximum absolute atomic E-state index is 11.7. The molecule has 0 unspecified atom stereocenters. The first-order chi connectivity index (χ1) is 8.33. The number of aliphatic carboxylic acids is 1. The molecule has 5 nitrogen and oxygen atoms in total. The van der Waals surface area contributed by atoms with Crippen molar-refractivity contribution in [2.45, 2.75) is 31.6 Å². The summed E-state index contributed by atoms with van der Waals surface area (Å²) in [5.74, 6) is -1.18. The molecule has 0 aliphatic carbocycles. The zero-order valence-electron chi connectivity index (χ0n) is 10.3. The molecule has 1 aromatic carbocycles. The molecule has 0 bridgehead atoms. The zero-order valence-corrected chi connectivity index (χ0v) is 11.1. The van der Waals surface area contributed by atoms with E-state index in [9.17, 15) is 13.2 Å². The van der Waals surface area contributed by atoms with Gasteiger partial charge in [0, 0.05) is 0 Å². The molecule has 1 rings (SSSR count). The molecule has 0 aromatic heterocycles. The first kappa shape index (κ1) is 14.7. The van der Waals surface area contributed by atoms with Crippen LogP contribution in [0.15, 0.2) is 30.3 Å². The van der Waals surface area contributed by atoms with Crippen LogP contribution < -0.4 is 4.72 Å². The Labute approximate surface area is 107 Å². The van der Waals surface area contributed by atoms with Crippen molar-refractivity contribution in [2.24, 2.45) is 0 Å². The van der Waals surface area contributed by atoms with Crippen LogP contribution in [0.4, 0.5) is 0 Å². The zero-order chi connectivity index (χ0) is 13.8. The monoisotopic (exact) mass is 271 g/mol. The Bertz CT molecular complexity index is 496. The Kier molecular flexibility index (Phi) is 4.86. The van der Waals surface area contributed by atoms with Gasteiger partial charge in [-0.2, -0.15) is 0 Å². The lowest BCUT2D eigenvalue weighted by atomic mass is 10.1. The predicted octanol–water partition coefficient (Wildman–Crippen LogP) is 1.01. The first-order valence-electron chi connectivity index (χ1n) is 5.61. The summed E-state index contributed by atoms with van der Waals surface area (Å²) in [7, 11) is -3.59. The van der Waals surface area contributed by atoms with Gasteiger partial charge in [0.15, 0.2) is 0 Å². The molecule has 0 saturated carbocycles. The third-order valence-corrected chi connectivity index (χ3v) is 4.36. The van der Waals surface area contributed by atoms with E-state index in [4.69, 9.17) is 5.11 Å². The van der Waals surface area contributed by atoms with Crippen LogP contribution in [-0.2, 0) is 21.2 Å². The minimum atomic E-state index is -3.59. The number of carbonyl (C=O) groups is 1. The van der Waals surface area contributed by atoms with Crippen molar-refractivity contribution in [3.8, 4) is 0 Å². The van der Waals surface area contributed by atoms with Gasteiger partial charge in [0.1, 0.15) is 6.04 Å². The molecule has 0 spiro atoms. The molecule has 1 aromatic rings. The predicted molar refractivity (Wildman–Crippen MR) is 68.8 cm³/mol. The number of rotatable bonds is 6. The SMILES string of the molecule is CC(C)S(=O)(=O)N[C@H](Cc1ccccc1)C(=O)O. The highest BCUT2D eigenvalue weighted by Crippen LogP contribution is 2.06. The van der Waals surface area contributed by atoms with E-state index in [1.54, 1.807) is 24.3 Å². The highest BCUT2D eigenvalue weighted by atomic mass is 32.2. The average Bonchev–Trinajstić information content (AvgIpc) is 2.29. The maximum Gasteiger partial charge on any atom is 0.322 e. The second-order valence-electron chi connectivity index (χ2n) is 4.29. The molecule has 0 aliphatic heterocycles. The number of carboxylic acid groups (broad SMARTS) is 1. The molecule has 0 aliphatic rings. The van der Waals surface area contributed by atoms with Gasteiger partial charge in [0.05, 0.1) is 5.25 Å². The molecular weight excluding hydrogens is 254 g/mol. The molecular formula is C12H17NO4S. The van der Waals surface area contributed by atoms with Crippen LogP contribution in [0.3, 0.4) is 0 Å². The maximum atomic E-state index is 11.7. The fraction of sp³-hybridized carbons (Fsp3) is 0.417. The number of carboxylic acids is 1. The highest BCUT2D eigenvalue weighted by molar-refractivity contribution is 7.90. The molecule has 0 fully saturated rings. The van der Waals surface area contributed by atoms with Crippen LogP contribution in [0.1, 0.15) is 19.4 Å². The Hall–Kier alpha value is -1.40. The number of hydrogen-bond donors (Lipinski definition) is 2. The topological polar surface area (TPSA) is 83.5 Å². The lowest BCUT2D eigenvalue weighted by Crippen LogP contribution is -2.44. The molecule has 1 atom stereocenters. The second-order valence-corrected chi connectivity index (χ2v) is 6.56. The van der Waals surface area contributed by atoms with E-state index in [0.29, 0.717) is 0 Å². The summed E-state index contributed by atoms with van der Waals surface area (Å²) >= 11 is 0. The summed E-state index contributed by atoms with van der Waals surface area (Å²) in [6, 6.07) is 7.77. The number of sulfonamides is 1.